The standard InChI is InChI=1S/C25H26Cl2N2O3S2/c1-18-6-9-22(10-7-18)34(31,32)29(24-15-21(26)8-11-23(24)27)16-25(30)28-12-13-33-17-20-5-3-4-19(2)14-20/h3-11,14-15H,12-13,16-17H2,1-2H3,(H,28,30). The Morgan fingerprint density at radius 1 is 0.971 bits per heavy atom. The van der Waals surface area contributed by atoms with E-state index in [4.69, 9.17) is 23.2 Å². The molecule has 180 valence electrons. The lowest BCUT2D eigenvalue weighted by molar-refractivity contribution is -0.119. The number of aryl methyl sites for hydroxylation is 2. The summed E-state index contributed by atoms with van der Waals surface area (Å²) in [5.74, 6) is 1.11. The lowest BCUT2D eigenvalue weighted by Crippen LogP contribution is -2.41. The number of nitrogens with one attached hydrogen (secondary N) is 1. The van der Waals surface area contributed by atoms with E-state index in [-0.39, 0.29) is 15.6 Å². The molecule has 0 heterocycles. The zero-order chi connectivity index (χ0) is 24.7. The summed E-state index contributed by atoms with van der Waals surface area (Å²) in [6.45, 7) is 3.92. The molecule has 0 saturated carbocycles. The Labute approximate surface area is 215 Å². The maximum Gasteiger partial charge on any atom is 0.264 e. The molecular weight excluding hydrogens is 511 g/mol. The first-order chi connectivity index (χ1) is 16.2. The highest BCUT2D eigenvalue weighted by Gasteiger charge is 2.29. The van der Waals surface area contributed by atoms with Crippen LogP contribution in [0.25, 0.3) is 0 Å². The molecule has 34 heavy (non-hydrogen) atoms. The van der Waals surface area contributed by atoms with E-state index >= 15 is 0 Å². The summed E-state index contributed by atoms with van der Waals surface area (Å²) in [6.07, 6.45) is 0. The summed E-state index contributed by atoms with van der Waals surface area (Å²) in [4.78, 5) is 12.8. The summed E-state index contributed by atoms with van der Waals surface area (Å²) in [6, 6.07) is 19.2. The molecular formula is C25H26Cl2N2O3S2. The van der Waals surface area contributed by atoms with Crippen LogP contribution in [0.2, 0.25) is 10.0 Å². The molecule has 0 aliphatic carbocycles. The van der Waals surface area contributed by atoms with Gasteiger partial charge in [0.2, 0.25) is 5.91 Å². The first-order valence-corrected chi connectivity index (χ1v) is 14.0. The Morgan fingerprint density at radius 2 is 1.71 bits per heavy atom. The van der Waals surface area contributed by atoms with Gasteiger partial charge in [0.1, 0.15) is 6.54 Å². The number of benzene rings is 3. The molecule has 0 saturated heterocycles. The van der Waals surface area contributed by atoms with Gasteiger partial charge >= 0.3 is 0 Å². The molecule has 0 aliphatic rings. The summed E-state index contributed by atoms with van der Waals surface area (Å²) < 4.78 is 27.9. The van der Waals surface area contributed by atoms with Crippen LogP contribution in [0.4, 0.5) is 5.69 Å². The van der Waals surface area contributed by atoms with Gasteiger partial charge in [-0.1, -0.05) is 70.7 Å². The number of sulfonamides is 1. The van der Waals surface area contributed by atoms with Gasteiger partial charge in [0.25, 0.3) is 10.0 Å². The molecule has 1 amide bonds. The number of amides is 1. The molecule has 0 aliphatic heterocycles. The molecule has 0 radical (unpaired) electrons. The Balaban J connectivity index is 1.69. The van der Waals surface area contributed by atoms with Crippen LogP contribution in [0, 0.1) is 13.8 Å². The highest BCUT2D eigenvalue weighted by Crippen LogP contribution is 2.33. The summed E-state index contributed by atoms with van der Waals surface area (Å²) in [5, 5.41) is 3.30. The Kier molecular flexibility index (Phi) is 9.31. The lowest BCUT2D eigenvalue weighted by Gasteiger charge is -2.25. The molecule has 1 N–H and O–H groups in total. The number of carbonyl (C=O) groups is 1. The van der Waals surface area contributed by atoms with Crippen molar-refractivity contribution in [1.82, 2.24) is 5.32 Å². The maximum absolute atomic E-state index is 13.4. The highest BCUT2D eigenvalue weighted by atomic mass is 35.5. The molecule has 0 aromatic heterocycles. The number of halogens is 2. The van der Waals surface area contributed by atoms with E-state index in [0.717, 1.165) is 15.6 Å². The highest BCUT2D eigenvalue weighted by molar-refractivity contribution is 7.98. The minimum atomic E-state index is -4.06. The van der Waals surface area contributed by atoms with Gasteiger partial charge in [-0.3, -0.25) is 9.10 Å². The third-order valence-electron chi connectivity index (χ3n) is 4.99. The van der Waals surface area contributed by atoms with Gasteiger partial charge in [-0.05, 0) is 49.7 Å². The number of rotatable bonds is 10. The fourth-order valence-corrected chi connectivity index (χ4v) is 5.93. The van der Waals surface area contributed by atoms with E-state index < -0.39 is 22.5 Å². The number of thioether (sulfide) groups is 1. The van der Waals surface area contributed by atoms with E-state index in [2.05, 4.69) is 30.4 Å². The van der Waals surface area contributed by atoms with Crippen molar-refractivity contribution in [2.45, 2.75) is 24.5 Å². The third kappa shape index (κ3) is 7.15. The average molecular weight is 538 g/mol. The van der Waals surface area contributed by atoms with Gasteiger partial charge in [-0.15, -0.1) is 0 Å². The second kappa shape index (κ2) is 12.0. The minimum absolute atomic E-state index is 0.0654. The average Bonchev–Trinajstić information content (AvgIpc) is 2.79. The quantitative estimate of drug-likeness (QED) is 0.329. The molecule has 3 rings (SSSR count). The first kappa shape index (κ1) is 26.4. The van der Waals surface area contributed by atoms with Crippen LogP contribution in [-0.4, -0.2) is 33.2 Å². The van der Waals surface area contributed by atoms with E-state index in [9.17, 15) is 13.2 Å². The number of hydrogen-bond donors (Lipinski definition) is 1. The van der Waals surface area contributed by atoms with Gasteiger partial charge < -0.3 is 5.32 Å². The molecule has 3 aromatic rings. The molecule has 9 heteroatoms. The molecule has 0 fully saturated rings. The van der Waals surface area contributed by atoms with Crippen LogP contribution in [-0.2, 0) is 20.6 Å². The number of carbonyl (C=O) groups excluding carboxylic acids is 1. The summed E-state index contributed by atoms with van der Waals surface area (Å²) in [7, 11) is -4.06. The van der Waals surface area contributed by atoms with Gasteiger partial charge in [0.05, 0.1) is 15.6 Å². The molecule has 3 aromatic carbocycles. The zero-order valence-corrected chi connectivity index (χ0v) is 22.1. The number of hydrogen-bond acceptors (Lipinski definition) is 4. The van der Waals surface area contributed by atoms with Crippen molar-refractivity contribution in [2.75, 3.05) is 23.1 Å². The maximum atomic E-state index is 13.4. The Bertz CT molecular complexity index is 1250. The van der Waals surface area contributed by atoms with Crippen molar-refractivity contribution in [3.63, 3.8) is 0 Å². The van der Waals surface area contributed by atoms with Crippen molar-refractivity contribution < 1.29 is 13.2 Å². The first-order valence-electron chi connectivity index (χ1n) is 10.6. The van der Waals surface area contributed by atoms with Crippen molar-refractivity contribution in [1.29, 1.82) is 0 Å². The predicted octanol–water partition coefficient (Wildman–Crippen LogP) is 5.86. The van der Waals surface area contributed by atoms with E-state index in [1.165, 1.54) is 35.4 Å². The van der Waals surface area contributed by atoms with Gasteiger partial charge in [0, 0.05) is 23.1 Å². The van der Waals surface area contributed by atoms with Crippen LogP contribution in [0.5, 0.6) is 0 Å². The van der Waals surface area contributed by atoms with Crippen LogP contribution in [0.3, 0.4) is 0 Å². The van der Waals surface area contributed by atoms with Crippen molar-refractivity contribution in [2.24, 2.45) is 0 Å². The molecule has 0 atom stereocenters. The van der Waals surface area contributed by atoms with Crippen LogP contribution >= 0.6 is 35.0 Å². The number of nitrogens with zero attached hydrogens (tertiary/aromatic N) is 1. The van der Waals surface area contributed by atoms with Crippen molar-refractivity contribution in [3.8, 4) is 0 Å². The second-order valence-electron chi connectivity index (χ2n) is 7.81. The monoisotopic (exact) mass is 536 g/mol. The van der Waals surface area contributed by atoms with Crippen LogP contribution in [0.15, 0.2) is 71.6 Å². The number of anilines is 1. The summed E-state index contributed by atoms with van der Waals surface area (Å²) in [5.41, 5.74) is 3.51. The van der Waals surface area contributed by atoms with Crippen molar-refractivity contribution in [3.05, 3.63) is 93.5 Å². The fourth-order valence-electron chi connectivity index (χ4n) is 3.25. The zero-order valence-electron chi connectivity index (χ0n) is 18.9. The molecule has 0 bridgehead atoms. The minimum Gasteiger partial charge on any atom is -0.354 e. The Morgan fingerprint density at radius 3 is 2.41 bits per heavy atom. The molecule has 5 nitrogen and oxygen atoms in total. The fraction of sp³-hybridized carbons (Fsp3) is 0.240. The van der Waals surface area contributed by atoms with E-state index in [1.807, 2.05) is 13.0 Å². The van der Waals surface area contributed by atoms with E-state index in [0.29, 0.717) is 17.3 Å². The SMILES string of the molecule is Cc1ccc(S(=O)(=O)N(CC(=O)NCCSCc2cccc(C)c2)c2cc(Cl)ccc2Cl)cc1. The topological polar surface area (TPSA) is 66.5 Å². The van der Waals surface area contributed by atoms with Gasteiger partial charge in [0.15, 0.2) is 0 Å². The second-order valence-corrected chi connectivity index (χ2v) is 11.6. The third-order valence-corrected chi connectivity index (χ3v) is 8.35. The summed E-state index contributed by atoms with van der Waals surface area (Å²) >= 11 is 14.1. The smallest absolute Gasteiger partial charge is 0.264 e. The predicted molar refractivity (Wildman–Crippen MR) is 143 cm³/mol. The van der Waals surface area contributed by atoms with Gasteiger partial charge in [-0.25, -0.2) is 8.42 Å². The van der Waals surface area contributed by atoms with Crippen molar-refractivity contribution >= 4 is 56.6 Å². The molecule has 0 unspecified atom stereocenters. The largest absolute Gasteiger partial charge is 0.354 e. The van der Waals surface area contributed by atoms with Crippen LogP contribution in [0.1, 0.15) is 16.7 Å². The van der Waals surface area contributed by atoms with Gasteiger partial charge in [-0.2, -0.15) is 11.8 Å². The normalized spacial score (nSPS) is 11.3. The van der Waals surface area contributed by atoms with E-state index in [1.54, 1.807) is 30.0 Å². The Hall–Kier alpha value is -2.19. The van der Waals surface area contributed by atoms with Crippen LogP contribution < -0.4 is 9.62 Å². The molecule has 0 spiro atoms. The lowest BCUT2D eigenvalue weighted by atomic mass is 10.2.